The minimum atomic E-state index is -3.54. The Morgan fingerprint density at radius 1 is 1.32 bits per heavy atom. The molecule has 152 valence electrons. The van der Waals surface area contributed by atoms with Gasteiger partial charge in [0.05, 0.1) is 35.7 Å². The Kier molecular flexibility index (Phi) is 3.75. The van der Waals surface area contributed by atoms with Crippen LogP contribution in [0, 0.1) is 5.92 Å². The molecule has 1 aliphatic carbocycles. The SMILES string of the molecule is CO[C@@]12[C@H](COC(N)=O)C3=C(C(=O)C(C)=C(N)C3=O)N1C[C@H]1[C@@H]2N1S(C)(=O)=O. The molecule has 1 unspecified atom stereocenters. The number of methoxy groups -OCH3 is 1. The number of carbonyl (C=O) groups excluding carboxylic acids is 3. The number of carbonyl (C=O) groups is 3. The maximum Gasteiger partial charge on any atom is 0.404 e. The lowest BCUT2D eigenvalue weighted by Crippen LogP contribution is -2.56. The summed E-state index contributed by atoms with van der Waals surface area (Å²) in [6.45, 7) is 1.27. The van der Waals surface area contributed by atoms with Crippen molar-refractivity contribution in [1.82, 2.24) is 9.21 Å². The van der Waals surface area contributed by atoms with Crippen molar-refractivity contribution in [3.8, 4) is 0 Å². The number of allylic oxidation sites excluding steroid dienone is 2. The van der Waals surface area contributed by atoms with E-state index in [0.717, 1.165) is 6.26 Å². The molecule has 3 heterocycles. The standard InChI is InChI=1S/C16H20N4O7S/c1-6-10(17)13(22)9-7(5-27-15(18)23)16(26-2)14-8(20(14)28(3,24)25)4-19(16)11(9)12(6)21/h7-8,14H,4-5,17H2,1-3H3,(H2,18,23)/t7-,8+,14+,16-,20?/m1/s1. The lowest BCUT2D eigenvalue weighted by atomic mass is 9.82. The van der Waals surface area contributed by atoms with Crippen molar-refractivity contribution in [2.24, 2.45) is 17.4 Å². The summed E-state index contributed by atoms with van der Waals surface area (Å²) in [5.41, 5.74) is 9.67. The number of amides is 1. The summed E-state index contributed by atoms with van der Waals surface area (Å²) >= 11 is 0. The van der Waals surface area contributed by atoms with Gasteiger partial charge in [-0.15, -0.1) is 0 Å². The van der Waals surface area contributed by atoms with Crippen LogP contribution in [0.5, 0.6) is 0 Å². The molecule has 28 heavy (non-hydrogen) atoms. The van der Waals surface area contributed by atoms with E-state index >= 15 is 0 Å². The number of fused-ring (bicyclic) bond motifs is 4. The maximum absolute atomic E-state index is 12.9. The summed E-state index contributed by atoms with van der Waals surface area (Å²) in [5.74, 6) is -1.91. The quantitative estimate of drug-likeness (QED) is 0.393. The van der Waals surface area contributed by atoms with Crippen LogP contribution in [0.4, 0.5) is 4.79 Å². The van der Waals surface area contributed by atoms with Gasteiger partial charge in [-0.3, -0.25) is 9.59 Å². The summed E-state index contributed by atoms with van der Waals surface area (Å²) in [6.07, 6.45) is 0.0161. The van der Waals surface area contributed by atoms with Crippen LogP contribution in [-0.2, 0) is 29.1 Å². The van der Waals surface area contributed by atoms with E-state index in [-0.39, 0.29) is 35.7 Å². The molecular formula is C16H20N4O7S. The third-order valence-electron chi connectivity index (χ3n) is 6.01. The highest BCUT2D eigenvalue weighted by molar-refractivity contribution is 7.88. The Morgan fingerprint density at radius 3 is 2.50 bits per heavy atom. The van der Waals surface area contributed by atoms with Gasteiger partial charge in [0.25, 0.3) is 0 Å². The number of sulfonamides is 1. The van der Waals surface area contributed by atoms with Gasteiger partial charge in [0.2, 0.25) is 21.6 Å². The summed E-state index contributed by atoms with van der Waals surface area (Å²) in [5, 5.41) is 0. The molecule has 1 amide bonds. The average molecular weight is 412 g/mol. The Balaban J connectivity index is 1.86. The summed E-state index contributed by atoms with van der Waals surface area (Å²) in [4.78, 5) is 38.7. The summed E-state index contributed by atoms with van der Waals surface area (Å²) < 4.78 is 36.3. The van der Waals surface area contributed by atoms with E-state index in [1.165, 1.54) is 18.3 Å². The van der Waals surface area contributed by atoms with Gasteiger partial charge in [-0.25, -0.2) is 13.2 Å². The van der Waals surface area contributed by atoms with Gasteiger partial charge in [0, 0.05) is 24.8 Å². The molecule has 0 aromatic rings. The van der Waals surface area contributed by atoms with Gasteiger partial charge in [0.1, 0.15) is 6.61 Å². The number of hydrogen-bond acceptors (Lipinski definition) is 9. The number of nitrogens with two attached hydrogens (primary N) is 2. The highest BCUT2D eigenvalue weighted by Crippen LogP contribution is 2.60. The van der Waals surface area contributed by atoms with Crippen molar-refractivity contribution in [1.29, 1.82) is 0 Å². The van der Waals surface area contributed by atoms with Crippen molar-refractivity contribution in [2.75, 3.05) is 26.5 Å². The Bertz CT molecular complexity index is 1000. The van der Waals surface area contributed by atoms with Gasteiger partial charge < -0.3 is 25.8 Å². The van der Waals surface area contributed by atoms with Crippen LogP contribution in [0.1, 0.15) is 6.92 Å². The van der Waals surface area contributed by atoms with Gasteiger partial charge in [0.15, 0.2) is 5.72 Å². The second kappa shape index (κ2) is 5.55. The van der Waals surface area contributed by atoms with E-state index in [4.69, 9.17) is 20.9 Å². The number of hydrogen-bond donors (Lipinski definition) is 2. The first kappa shape index (κ1) is 18.9. The van der Waals surface area contributed by atoms with Crippen LogP contribution >= 0.6 is 0 Å². The van der Waals surface area contributed by atoms with E-state index in [0.29, 0.717) is 0 Å². The molecule has 3 aliphatic heterocycles. The van der Waals surface area contributed by atoms with Crippen molar-refractivity contribution >= 4 is 27.7 Å². The molecule has 11 nitrogen and oxygen atoms in total. The molecule has 0 spiro atoms. The lowest BCUT2D eigenvalue weighted by molar-refractivity contribution is -0.141. The number of piperazine rings is 1. The van der Waals surface area contributed by atoms with E-state index in [9.17, 15) is 22.8 Å². The minimum absolute atomic E-state index is 0.0648. The predicted octanol–water partition coefficient (Wildman–Crippen LogP) is -1.98. The van der Waals surface area contributed by atoms with E-state index in [1.54, 1.807) is 4.90 Å². The molecule has 4 rings (SSSR count). The van der Waals surface area contributed by atoms with E-state index in [2.05, 4.69) is 0 Å². The van der Waals surface area contributed by atoms with Crippen LogP contribution in [0.25, 0.3) is 0 Å². The molecule has 12 heteroatoms. The first-order valence-electron chi connectivity index (χ1n) is 8.51. The number of Topliss-reactive ketones (excluding diaryl/α,β-unsaturated/α-hetero) is 2. The fourth-order valence-corrected chi connectivity index (χ4v) is 6.21. The second-order valence-corrected chi connectivity index (χ2v) is 9.20. The Hall–Kier alpha value is -2.44. The molecule has 4 N–H and O–H groups in total. The molecule has 0 aromatic heterocycles. The van der Waals surface area contributed by atoms with Gasteiger partial charge >= 0.3 is 6.09 Å². The van der Waals surface area contributed by atoms with Crippen molar-refractivity contribution in [2.45, 2.75) is 24.7 Å². The molecule has 0 bridgehead atoms. The molecule has 2 fully saturated rings. The first-order chi connectivity index (χ1) is 13.0. The van der Waals surface area contributed by atoms with Crippen molar-refractivity contribution < 1.29 is 32.3 Å². The van der Waals surface area contributed by atoms with Crippen molar-refractivity contribution in [3.63, 3.8) is 0 Å². The molecule has 0 saturated carbocycles. The summed E-state index contributed by atoms with van der Waals surface area (Å²) in [6, 6.07) is -1.05. The Morgan fingerprint density at radius 2 is 1.96 bits per heavy atom. The zero-order chi connectivity index (χ0) is 20.8. The number of rotatable bonds is 4. The number of primary amides is 1. The van der Waals surface area contributed by atoms with Crippen molar-refractivity contribution in [3.05, 3.63) is 22.5 Å². The smallest absolute Gasteiger partial charge is 0.404 e. The molecule has 5 atom stereocenters. The van der Waals surface area contributed by atoms with Gasteiger partial charge in [-0.05, 0) is 6.92 Å². The molecule has 0 aromatic carbocycles. The van der Waals surface area contributed by atoms with Crippen LogP contribution in [0.3, 0.4) is 0 Å². The highest BCUT2D eigenvalue weighted by atomic mass is 32.2. The molecular weight excluding hydrogens is 392 g/mol. The molecule has 0 radical (unpaired) electrons. The topological polar surface area (TPSA) is 162 Å². The van der Waals surface area contributed by atoms with Crippen LogP contribution in [0.15, 0.2) is 22.5 Å². The monoisotopic (exact) mass is 412 g/mol. The highest BCUT2D eigenvalue weighted by Gasteiger charge is 2.78. The van der Waals surface area contributed by atoms with E-state index in [1.807, 2.05) is 0 Å². The average Bonchev–Trinajstić information content (AvgIpc) is 3.15. The largest absolute Gasteiger partial charge is 0.449 e. The maximum atomic E-state index is 12.9. The zero-order valence-electron chi connectivity index (χ0n) is 15.5. The first-order valence-corrected chi connectivity index (χ1v) is 10.4. The summed E-state index contributed by atoms with van der Waals surface area (Å²) in [7, 11) is -2.18. The normalized spacial score (nSPS) is 36.5. The van der Waals surface area contributed by atoms with Crippen LogP contribution in [0.2, 0.25) is 0 Å². The molecule has 4 aliphatic rings. The van der Waals surface area contributed by atoms with E-state index < -0.39 is 51.4 Å². The van der Waals surface area contributed by atoms with Crippen LogP contribution < -0.4 is 11.5 Å². The fourth-order valence-electron chi connectivity index (χ4n) is 4.88. The number of ether oxygens (including phenoxy) is 2. The van der Waals surface area contributed by atoms with Gasteiger partial charge in [-0.2, -0.15) is 4.31 Å². The predicted molar refractivity (Wildman–Crippen MR) is 93.7 cm³/mol. The fraction of sp³-hybridized carbons (Fsp3) is 0.562. The zero-order valence-corrected chi connectivity index (χ0v) is 16.3. The number of nitrogens with zero attached hydrogens (tertiary/aromatic N) is 2. The second-order valence-electron chi connectivity index (χ2n) is 7.31. The van der Waals surface area contributed by atoms with Crippen LogP contribution in [-0.4, -0.2) is 79.6 Å². The third-order valence-corrected chi connectivity index (χ3v) is 7.28. The minimum Gasteiger partial charge on any atom is -0.449 e. The number of ketones is 2. The van der Waals surface area contributed by atoms with Gasteiger partial charge in [-0.1, -0.05) is 0 Å². The Labute approximate surface area is 160 Å². The third kappa shape index (κ3) is 2.10. The lowest BCUT2D eigenvalue weighted by Gasteiger charge is -2.40. The molecule has 2 saturated heterocycles.